The number of halogens is 1. The van der Waals surface area contributed by atoms with E-state index in [2.05, 4.69) is 26.6 Å². The van der Waals surface area contributed by atoms with E-state index in [-0.39, 0.29) is 24.1 Å². The zero-order chi connectivity index (χ0) is 25.7. The molecular weight excluding hydrogens is 530 g/mol. The van der Waals surface area contributed by atoms with Gasteiger partial charge in [0.05, 0.1) is 11.6 Å². The molecule has 2 aromatic rings. The number of amides is 5. The van der Waals surface area contributed by atoms with Gasteiger partial charge in [0, 0.05) is 11.7 Å². The van der Waals surface area contributed by atoms with Gasteiger partial charge in [-0.3, -0.25) is 24.6 Å². The molecule has 0 bridgehead atoms. The second-order valence-corrected chi connectivity index (χ2v) is 9.38. The molecule has 2 fully saturated rings. The predicted molar refractivity (Wildman–Crippen MR) is 136 cm³/mol. The van der Waals surface area contributed by atoms with Gasteiger partial charge in [0.15, 0.2) is 18.1 Å². The third-order valence-electron chi connectivity index (χ3n) is 6.04. The summed E-state index contributed by atoms with van der Waals surface area (Å²) in [5.74, 6) is -1.11. The number of para-hydroxylation sites is 1. The third-order valence-corrected chi connectivity index (χ3v) is 6.63. The van der Waals surface area contributed by atoms with E-state index in [1.54, 1.807) is 24.3 Å². The number of nitrogens with zero attached hydrogens (tertiary/aromatic N) is 1. The number of carbonyl (C=O) groups is 4. The number of imide groups is 2. The normalized spacial score (nSPS) is 17.7. The second kappa shape index (κ2) is 11.4. The summed E-state index contributed by atoms with van der Waals surface area (Å²) < 4.78 is 11.6. The zero-order valence-electron chi connectivity index (χ0n) is 19.7. The summed E-state index contributed by atoms with van der Waals surface area (Å²) in [5, 5.41) is 5.02. The number of carbonyl (C=O) groups excluding carboxylic acids is 4. The maximum atomic E-state index is 13.1. The lowest BCUT2D eigenvalue weighted by Crippen LogP contribution is -2.58. The van der Waals surface area contributed by atoms with Crippen molar-refractivity contribution in [3.8, 4) is 11.5 Å². The Labute approximate surface area is 216 Å². The maximum absolute atomic E-state index is 13.1. The van der Waals surface area contributed by atoms with Crippen molar-refractivity contribution in [2.24, 2.45) is 0 Å². The van der Waals surface area contributed by atoms with Crippen molar-refractivity contribution >= 4 is 51.4 Å². The van der Waals surface area contributed by atoms with E-state index < -0.39 is 17.8 Å². The van der Waals surface area contributed by atoms with Gasteiger partial charge in [-0.05, 0) is 64.7 Å². The van der Waals surface area contributed by atoms with Crippen LogP contribution in [0.3, 0.4) is 0 Å². The molecule has 2 N–H and O–H groups in total. The number of ether oxygens (including phenoxy) is 2. The van der Waals surface area contributed by atoms with Crippen LogP contribution in [-0.2, 0) is 14.4 Å². The molecule has 5 amide bonds. The van der Waals surface area contributed by atoms with Gasteiger partial charge in [0.2, 0.25) is 0 Å². The summed E-state index contributed by atoms with van der Waals surface area (Å²) in [6.07, 6.45) is 5.80. The first kappa shape index (κ1) is 25.4. The van der Waals surface area contributed by atoms with E-state index in [0.29, 0.717) is 27.2 Å². The molecule has 1 saturated carbocycles. The first-order valence-electron chi connectivity index (χ1n) is 11.6. The average molecular weight is 556 g/mol. The Morgan fingerprint density at radius 1 is 1.14 bits per heavy atom. The molecule has 10 heteroatoms. The van der Waals surface area contributed by atoms with Crippen molar-refractivity contribution < 1.29 is 28.7 Å². The average Bonchev–Trinajstić information content (AvgIpc) is 2.86. The standard InChI is InChI=1S/C26H26BrN3O6/c1-35-21-14-16(13-20(27)23(21)36-15-22(31)28-17-8-4-2-5-9-17)12-19-24(32)29-26(34)30(25(19)33)18-10-6-3-7-11-18/h2,4-5,8-9,12-14,18H,3,6-7,10-11,15H2,1H3,(H,28,31)(H,29,32,34). The van der Waals surface area contributed by atoms with Gasteiger partial charge in [-0.15, -0.1) is 0 Å². The van der Waals surface area contributed by atoms with E-state index in [4.69, 9.17) is 9.47 Å². The minimum Gasteiger partial charge on any atom is -0.493 e. The Bertz CT molecular complexity index is 1210. The minimum atomic E-state index is -0.745. The van der Waals surface area contributed by atoms with Gasteiger partial charge in [0.25, 0.3) is 17.7 Å². The molecule has 0 atom stereocenters. The molecular formula is C26H26BrN3O6. The molecule has 188 valence electrons. The monoisotopic (exact) mass is 555 g/mol. The van der Waals surface area contributed by atoms with Crippen molar-refractivity contribution in [2.45, 2.75) is 38.1 Å². The summed E-state index contributed by atoms with van der Waals surface area (Å²) in [4.78, 5) is 51.5. The van der Waals surface area contributed by atoms with Crippen LogP contribution in [0, 0.1) is 0 Å². The van der Waals surface area contributed by atoms with Gasteiger partial charge in [-0.25, -0.2) is 4.79 Å². The molecule has 2 aliphatic rings. The number of nitrogens with one attached hydrogen (secondary N) is 2. The first-order valence-corrected chi connectivity index (χ1v) is 12.4. The highest BCUT2D eigenvalue weighted by Gasteiger charge is 2.40. The Hall–Kier alpha value is -3.66. The summed E-state index contributed by atoms with van der Waals surface area (Å²) in [7, 11) is 1.44. The number of rotatable bonds is 7. The number of barbiturate groups is 1. The van der Waals surface area contributed by atoms with E-state index in [9.17, 15) is 19.2 Å². The lowest BCUT2D eigenvalue weighted by atomic mass is 9.93. The molecule has 4 rings (SSSR count). The maximum Gasteiger partial charge on any atom is 0.331 e. The Balaban J connectivity index is 1.52. The number of benzene rings is 2. The van der Waals surface area contributed by atoms with E-state index >= 15 is 0 Å². The summed E-state index contributed by atoms with van der Waals surface area (Å²) >= 11 is 3.42. The Morgan fingerprint density at radius 3 is 2.56 bits per heavy atom. The summed E-state index contributed by atoms with van der Waals surface area (Å²) in [6, 6.07) is 11.3. The quantitative estimate of drug-likeness (QED) is 0.389. The highest BCUT2D eigenvalue weighted by molar-refractivity contribution is 9.10. The SMILES string of the molecule is COc1cc(C=C2C(=O)NC(=O)N(C3CCCCC3)C2=O)cc(Br)c1OCC(=O)Nc1ccccc1. The molecule has 1 saturated heterocycles. The predicted octanol–water partition coefficient (Wildman–Crippen LogP) is 4.27. The molecule has 2 aromatic carbocycles. The molecule has 0 spiro atoms. The van der Waals surface area contributed by atoms with Crippen LogP contribution in [-0.4, -0.2) is 48.4 Å². The summed E-state index contributed by atoms with van der Waals surface area (Å²) in [5.41, 5.74) is 0.997. The highest BCUT2D eigenvalue weighted by Crippen LogP contribution is 2.37. The number of urea groups is 1. The topological polar surface area (TPSA) is 114 Å². The van der Waals surface area contributed by atoms with Crippen molar-refractivity contribution in [1.29, 1.82) is 0 Å². The highest BCUT2D eigenvalue weighted by atomic mass is 79.9. The lowest BCUT2D eigenvalue weighted by molar-refractivity contribution is -0.132. The van der Waals surface area contributed by atoms with Crippen molar-refractivity contribution in [3.05, 3.63) is 58.1 Å². The van der Waals surface area contributed by atoms with Gasteiger partial charge in [-0.2, -0.15) is 0 Å². The van der Waals surface area contributed by atoms with Crippen LogP contribution in [0.25, 0.3) is 6.08 Å². The largest absolute Gasteiger partial charge is 0.493 e. The van der Waals surface area contributed by atoms with Crippen molar-refractivity contribution in [3.63, 3.8) is 0 Å². The van der Waals surface area contributed by atoms with Crippen LogP contribution in [0.1, 0.15) is 37.7 Å². The zero-order valence-corrected chi connectivity index (χ0v) is 21.3. The molecule has 0 aromatic heterocycles. The van der Waals surface area contributed by atoms with Crippen LogP contribution in [0.15, 0.2) is 52.5 Å². The number of hydrogen-bond acceptors (Lipinski definition) is 6. The molecule has 0 radical (unpaired) electrons. The Kier molecular flexibility index (Phi) is 8.04. The molecule has 1 aliphatic carbocycles. The number of anilines is 1. The van der Waals surface area contributed by atoms with Gasteiger partial charge >= 0.3 is 6.03 Å². The minimum absolute atomic E-state index is 0.134. The first-order chi connectivity index (χ1) is 17.4. The molecule has 0 unspecified atom stereocenters. The van der Waals surface area contributed by atoms with Crippen molar-refractivity contribution in [1.82, 2.24) is 10.2 Å². The van der Waals surface area contributed by atoms with E-state index in [0.717, 1.165) is 32.1 Å². The molecule has 1 aliphatic heterocycles. The smallest absolute Gasteiger partial charge is 0.331 e. The van der Waals surface area contributed by atoms with Crippen LogP contribution in [0.4, 0.5) is 10.5 Å². The van der Waals surface area contributed by atoms with Crippen LogP contribution < -0.4 is 20.1 Å². The van der Waals surface area contributed by atoms with Crippen LogP contribution in [0.2, 0.25) is 0 Å². The van der Waals surface area contributed by atoms with Crippen LogP contribution in [0.5, 0.6) is 11.5 Å². The Morgan fingerprint density at radius 2 is 1.86 bits per heavy atom. The second-order valence-electron chi connectivity index (χ2n) is 8.52. The van der Waals surface area contributed by atoms with E-state index in [1.807, 2.05) is 18.2 Å². The van der Waals surface area contributed by atoms with Gasteiger partial charge in [-0.1, -0.05) is 37.5 Å². The molecule has 36 heavy (non-hydrogen) atoms. The lowest BCUT2D eigenvalue weighted by Gasteiger charge is -2.35. The summed E-state index contributed by atoms with van der Waals surface area (Å²) in [6.45, 7) is -0.260. The van der Waals surface area contributed by atoms with E-state index in [1.165, 1.54) is 18.1 Å². The van der Waals surface area contributed by atoms with Gasteiger partial charge in [0.1, 0.15) is 5.57 Å². The fourth-order valence-corrected chi connectivity index (χ4v) is 4.90. The van der Waals surface area contributed by atoms with Crippen molar-refractivity contribution in [2.75, 3.05) is 19.0 Å². The number of methoxy groups -OCH3 is 1. The van der Waals surface area contributed by atoms with Crippen LogP contribution >= 0.6 is 15.9 Å². The fourth-order valence-electron chi connectivity index (χ4n) is 4.33. The number of hydrogen-bond donors (Lipinski definition) is 2. The molecule has 1 heterocycles. The molecule has 9 nitrogen and oxygen atoms in total. The fraction of sp³-hybridized carbons (Fsp3) is 0.308. The third kappa shape index (κ3) is 5.76. The van der Waals surface area contributed by atoms with Gasteiger partial charge < -0.3 is 14.8 Å².